The molecule has 2 aliphatic rings. The van der Waals surface area contributed by atoms with Crippen molar-refractivity contribution < 1.29 is 9.90 Å². The number of amides is 1. The maximum atomic E-state index is 13.1. The molecule has 29 heavy (non-hydrogen) atoms. The van der Waals surface area contributed by atoms with Crippen LogP contribution in [0.2, 0.25) is 0 Å². The molecule has 4 rings (SSSR count). The van der Waals surface area contributed by atoms with Crippen molar-refractivity contribution in [2.24, 2.45) is 13.0 Å². The molecule has 6 heteroatoms. The van der Waals surface area contributed by atoms with E-state index in [1.54, 1.807) is 6.20 Å². The van der Waals surface area contributed by atoms with Crippen molar-refractivity contribution in [1.82, 2.24) is 19.4 Å². The van der Waals surface area contributed by atoms with Crippen LogP contribution in [-0.2, 0) is 18.3 Å². The molecule has 0 radical (unpaired) electrons. The molecule has 1 aromatic heterocycles. The van der Waals surface area contributed by atoms with Crippen LogP contribution < -0.4 is 0 Å². The van der Waals surface area contributed by atoms with Gasteiger partial charge in [0, 0.05) is 39.0 Å². The van der Waals surface area contributed by atoms with E-state index in [4.69, 9.17) is 0 Å². The summed E-state index contributed by atoms with van der Waals surface area (Å²) in [7, 11) is 3.85. The number of aliphatic hydroxyl groups excluding tert-OH is 1. The lowest BCUT2D eigenvalue weighted by molar-refractivity contribution is -0.134. The van der Waals surface area contributed by atoms with Gasteiger partial charge >= 0.3 is 0 Å². The number of carbonyl (C=O) groups is 1. The lowest BCUT2D eigenvalue weighted by Crippen LogP contribution is -2.45. The van der Waals surface area contributed by atoms with Crippen LogP contribution in [0, 0.1) is 5.92 Å². The molecule has 1 saturated heterocycles. The van der Waals surface area contributed by atoms with Gasteiger partial charge in [0.15, 0.2) is 0 Å². The Bertz CT molecular complexity index is 849. The summed E-state index contributed by atoms with van der Waals surface area (Å²) in [6.45, 7) is 2.05. The predicted molar refractivity (Wildman–Crippen MR) is 112 cm³/mol. The molecule has 1 aliphatic carbocycles. The van der Waals surface area contributed by atoms with Gasteiger partial charge in [-0.1, -0.05) is 24.3 Å². The highest BCUT2D eigenvalue weighted by Crippen LogP contribution is 2.34. The predicted octanol–water partition coefficient (Wildman–Crippen LogP) is 2.70. The van der Waals surface area contributed by atoms with Crippen molar-refractivity contribution in [2.45, 2.75) is 44.2 Å². The average molecular weight is 397 g/mol. The molecule has 1 aliphatic heterocycles. The zero-order chi connectivity index (χ0) is 20.4. The fourth-order valence-electron chi connectivity index (χ4n) is 4.97. The number of aromatic nitrogens is 2. The van der Waals surface area contributed by atoms with Gasteiger partial charge < -0.3 is 14.6 Å². The highest BCUT2D eigenvalue weighted by molar-refractivity contribution is 5.78. The monoisotopic (exact) mass is 396 g/mol. The Labute approximate surface area is 173 Å². The van der Waals surface area contributed by atoms with Crippen molar-refractivity contribution in [3.63, 3.8) is 0 Å². The zero-order valence-corrected chi connectivity index (χ0v) is 17.5. The summed E-state index contributed by atoms with van der Waals surface area (Å²) in [5.41, 5.74) is 2.68. The van der Waals surface area contributed by atoms with E-state index in [2.05, 4.69) is 34.1 Å². The van der Waals surface area contributed by atoms with Crippen molar-refractivity contribution >= 4 is 5.91 Å². The standard InChI is InChI=1S/C23H32N4O2/c1-25-14-12-24-23(25)22(29)18-9-6-13-27(15-18)16-21(28)26(2)20-11-5-8-17-7-3-4-10-19(17)20/h3-4,7,10,12,14,18,20,22,29H,5-6,8-9,11,13,15-16H2,1-2H3. The van der Waals surface area contributed by atoms with Crippen molar-refractivity contribution in [2.75, 3.05) is 26.7 Å². The number of imidazole rings is 1. The number of hydrogen-bond donors (Lipinski definition) is 1. The van der Waals surface area contributed by atoms with Crippen LogP contribution in [0.3, 0.4) is 0 Å². The third-order valence-electron chi connectivity index (χ3n) is 6.67. The molecule has 2 heterocycles. The second-order valence-electron chi connectivity index (χ2n) is 8.59. The van der Waals surface area contributed by atoms with Crippen LogP contribution in [0.25, 0.3) is 0 Å². The molecule has 0 bridgehead atoms. The van der Waals surface area contributed by atoms with Crippen molar-refractivity contribution in [1.29, 1.82) is 0 Å². The molecule has 3 unspecified atom stereocenters. The van der Waals surface area contributed by atoms with E-state index in [0.717, 1.165) is 45.2 Å². The first-order valence-electron chi connectivity index (χ1n) is 10.8. The second-order valence-corrected chi connectivity index (χ2v) is 8.59. The number of nitrogens with zero attached hydrogens (tertiary/aromatic N) is 4. The van der Waals surface area contributed by atoms with Crippen LogP contribution in [0.15, 0.2) is 36.7 Å². The van der Waals surface area contributed by atoms with Crippen molar-refractivity contribution in [3.05, 3.63) is 53.6 Å². The second kappa shape index (κ2) is 8.67. The summed E-state index contributed by atoms with van der Waals surface area (Å²) in [5.74, 6) is 0.983. The van der Waals surface area contributed by atoms with E-state index in [-0.39, 0.29) is 17.9 Å². The number of aliphatic hydroxyl groups is 1. The number of piperidine rings is 1. The van der Waals surface area contributed by atoms with Gasteiger partial charge in [-0.3, -0.25) is 9.69 Å². The molecule has 1 aromatic carbocycles. The van der Waals surface area contributed by atoms with Crippen molar-refractivity contribution in [3.8, 4) is 0 Å². The fourth-order valence-corrected chi connectivity index (χ4v) is 4.97. The van der Waals surface area contributed by atoms with Gasteiger partial charge in [-0.05, 0) is 49.8 Å². The molecule has 6 nitrogen and oxygen atoms in total. The molecule has 156 valence electrons. The Morgan fingerprint density at radius 1 is 1.31 bits per heavy atom. The number of hydrogen-bond acceptors (Lipinski definition) is 4. The molecule has 2 aromatic rings. The number of aryl methyl sites for hydroxylation is 2. The maximum absolute atomic E-state index is 13.1. The molecule has 0 saturated carbocycles. The van der Waals surface area contributed by atoms with E-state index in [9.17, 15) is 9.90 Å². The minimum Gasteiger partial charge on any atom is -0.385 e. The highest BCUT2D eigenvalue weighted by atomic mass is 16.3. The number of rotatable bonds is 5. The van der Waals surface area contributed by atoms with Gasteiger partial charge in [0.2, 0.25) is 5.91 Å². The van der Waals surface area contributed by atoms with Crippen LogP contribution in [-0.4, -0.2) is 57.0 Å². The molecule has 1 amide bonds. The smallest absolute Gasteiger partial charge is 0.237 e. The lowest BCUT2D eigenvalue weighted by atomic mass is 9.87. The summed E-state index contributed by atoms with van der Waals surface area (Å²) in [6.07, 6.45) is 8.21. The van der Waals surface area contributed by atoms with Crippen LogP contribution in [0.5, 0.6) is 0 Å². The summed E-state index contributed by atoms with van der Waals surface area (Å²) in [5, 5.41) is 10.8. The largest absolute Gasteiger partial charge is 0.385 e. The van der Waals surface area contributed by atoms with E-state index in [1.807, 2.05) is 29.8 Å². The molecule has 0 spiro atoms. The van der Waals surface area contributed by atoms with Gasteiger partial charge in [0.05, 0.1) is 12.6 Å². The topological polar surface area (TPSA) is 61.6 Å². The number of likely N-dealkylation sites (tertiary alicyclic amines) is 1. The highest BCUT2D eigenvalue weighted by Gasteiger charge is 2.32. The van der Waals surface area contributed by atoms with Gasteiger partial charge in [-0.2, -0.15) is 0 Å². The third-order valence-corrected chi connectivity index (χ3v) is 6.67. The number of likely N-dealkylation sites (N-methyl/N-ethyl adjacent to an activating group) is 1. The normalized spacial score (nSPS) is 23.4. The van der Waals surface area contributed by atoms with Crippen LogP contribution in [0.1, 0.15) is 54.8 Å². The van der Waals surface area contributed by atoms with Crippen LogP contribution >= 0.6 is 0 Å². The van der Waals surface area contributed by atoms with E-state index >= 15 is 0 Å². The van der Waals surface area contributed by atoms with Gasteiger partial charge in [0.25, 0.3) is 0 Å². The summed E-state index contributed by atoms with van der Waals surface area (Å²) in [4.78, 5) is 21.5. The minimum absolute atomic E-state index is 0.110. The molecule has 3 atom stereocenters. The lowest BCUT2D eigenvalue weighted by Gasteiger charge is -2.37. The van der Waals surface area contributed by atoms with E-state index < -0.39 is 6.10 Å². The van der Waals surface area contributed by atoms with Gasteiger partial charge in [-0.15, -0.1) is 0 Å². The first kappa shape index (κ1) is 20.1. The Morgan fingerprint density at radius 2 is 2.14 bits per heavy atom. The van der Waals surface area contributed by atoms with E-state index in [0.29, 0.717) is 12.4 Å². The fraction of sp³-hybridized carbons (Fsp3) is 0.565. The molecular weight excluding hydrogens is 364 g/mol. The van der Waals surface area contributed by atoms with E-state index in [1.165, 1.54) is 11.1 Å². The summed E-state index contributed by atoms with van der Waals surface area (Å²) >= 11 is 0. The molecule has 1 fully saturated rings. The maximum Gasteiger partial charge on any atom is 0.237 e. The zero-order valence-electron chi connectivity index (χ0n) is 17.5. The Hall–Kier alpha value is -2.18. The Balaban J connectivity index is 1.39. The SMILES string of the molecule is CN(C(=O)CN1CCCC(C(O)c2nccn2C)C1)C1CCCc2ccccc21. The van der Waals surface area contributed by atoms with Crippen LogP contribution in [0.4, 0.5) is 0 Å². The number of carbonyl (C=O) groups excluding carboxylic acids is 1. The first-order chi connectivity index (χ1) is 14.0. The quantitative estimate of drug-likeness (QED) is 0.844. The molecule has 1 N–H and O–H groups in total. The summed E-state index contributed by atoms with van der Waals surface area (Å²) < 4.78 is 1.88. The average Bonchev–Trinajstić information content (AvgIpc) is 3.18. The third kappa shape index (κ3) is 4.23. The Kier molecular flexibility index (Phi) is 6.01. The van der Waals surface area contributed by atoms with Gasteiger partial charge in [-0.25, -0.2) is 4.98 Å². The summed E-state index contributed by atoms with van der Waals surface area (Å²) in [6, 6.07) is 8.69. The minimum atomic E-state index is -0.587. The Morgan fingerprint density at radius 3 is 2.93 bits per heavy atom. The van der Waals surface area contributed by atoms with Gasteiger partial charge in [0.1, 0.15) is 11.9 Å². The first-order valence-corrected chi connectivity index (χ1v) is 10.8. The number of benzene rings is 1. The number of fused-ring (bicyclic) bond motifs is 1. The molecular formula is C23H32N4O2.